The maximum absolute atomic E-state index is 6.35. The molecule has 21 heavy (non-hydrogen) atoms. The van der Waals surface area contributed by atoms with Gasteiger partial charge in [-0.1, -0.05) is 42.5 Å². The minimum absolute atomic E-state index is 0.0987. The monoisotopic (exact) mass is 278 g/mol. The van der Waals surface area contributed by atoms with Crippen LogP contribution in [0.5, 0.6) is 5.75 Å². The van der Waals surface area contributed by atoms with Gasteiger partial charge in [-0.15, -0.1) is 0 Å². The third-order valence-electron chi connectivity index (χ3n) is 3.72. The summed E-state index contributed by atoms with van der Waals surface area (Å²) in [5, 5.41) is 2.50. The molecule has 1 aromatic heterocycles. The zero-order valence-corrected chi connectivity index (χ0v) is 12.0. The van der Waals surface area contributed by atoms with E-state index >= 15 is 0 Å². The van der Waals surface area contributed by atoms with Crippen molar-refractivity contribution in [1.29, 1.82) is 0 Å². The fourth-order valence-electron chi connectivity index (χ4n) is 2.58. The number of methoxy groups -OCH3 is 1. The molecule has 0 aliphatic rings. The summed E-state index contributed by atoms with van der Waals surface area (Å²) in [6, 6.07) is 16.6. The number of nitrogens with two attached hydrogens (primary N) is 1. The molecule has 0 fully saturated rings. The molecule has 0 aliphatic heterocycles. The van der Waals surface area contributed by atoms with Crippen molar-refractivity contribution >= 4 is 10.8 Å². The van der Waals surface area contributed by atoms with E-state index in [9.17, 15) is 0 Å². The highest BCUT2D eigenvalue weighted by atomic mass is 16.5. The van der Waals surface area contributed by atoms with Crippen LogP contribution in [0.2, 0.25) is 0 Å². The molecule has 0 saturated carbocycles. The van der Waals surface area contributed by atoms with E-state index in [2.05, 4.69) is 47.4 Å². The summed E-state index contributed by atoms with van der Waals surface area (Å²) in [4.78, 5) is 4.18. The molecule has 2 aromatic carbocycles. The topological polar surface area (TPSA) is 48.1 Å². The van der Waals surface area contributed by atoms with Gasteiger partial charge >= 0.3 is 0 Å². The van der Waals surface area contributed by atoms with Crippen LogP contribution >= 0.6 is 0 Å². The third-order valence-corrected chi connectivity index (χ3v) is 3.72. The highest BCUT2D eigenvalue weighted by Crippen LogP contribution is 2.24. The van der Waals surface area contributed by atoms with E-state index in [1.165, 1.54) is 16.3 Å². The Morgan fingerprint density at radius 1 is 1.10 bits per heavy atom. The first kappa shape index (κ1) is 13.6. The molecule has 2 N–H and O–H groups in total. The van der Waals surface area contributed by atoms with E-state index in [-0.39, 0.29) is 6.04 Å². The molecular weight excluding hydrogens is 260 g/mol. The Hall–Kier alpha value is -2.39. The molecule has 1 heterocycles. The van der Waals surface area contributed by atoms with Gasteiger partial charge in [0.25, 0.3) is 0 Å². The number of pyridine rings is 1. The van der Waals surface area contributed by atoms with Gasteiger partial charge in [0.1, 0.15) is 5.75 Å². The van der Waals surface area contributed by atoms with Gasteiger partial charge in [-0.2, -0.15) is 0 Å². The van der Waals surface area contributed by atoms with Gasteiger partial charge in [0.15, 0.2) is 0 Å². The van der Waals surface area contributed by atoms with Gasteiger partial charge in [0.2, 0.25) is 0 Å². The molecule has 106 valence electrons. The summed E-state index contributed by atoms with van der Waals surface area (Å²) in [6.07, 6.45) is 4.27. The Morgan fingerprint density at radius 2 is 1.90 bits per heavy atom. The molecular formula is C18H18N2O. The van der Waals surface area contributed by atoms with E-state index in [1.54, 1.807) is 19.5 Å². The predicted molar refractivity (Wildman–Crippen MR) is 85.4 cm³/mol. The van der Waals surface area contributed by atoms with Crippen LogP contribution in [0, 0.1) is 0 Å². The lowest BCUT2D eigenvalue weighted by molar-refractivity contribution is 0.411. The number of benzene rings is 2. The van der Waals surface area contributed by atoms with Crippen molar-refractivity contribution in [1.82, 2.24) is 4.98 Å². The normalized spacial score (nSPS) is 12.3. The van der Waals surface area contributed by atoms with Crippen molar-refractivity contribution < 1.29 is 4.74 Å². The quantitative estimate of drug-likeness (QED) is 0.794. The van der Waals surface area contributed by atoms with Crippen LogP contribution in [0.4, 0.5) is 0 Å². The maximum atomic E-state index is 6.35. The highest BCUT2D eigenvalue weighted by molar-refractivity contribution is 5.85. The number of hydrogen-bond acceptors (Lipinski definition) is 3. The van der Waals surface area contributed by atoms with E-state index in [0.29, 0.717) is 0 Å². The number of aromatic nitrogens is 1. The molecule has 3 aromatic rings. The van der Waals surface area contributed by atoms with E-state index < -0.39 is 0 Å². The lowest BCUT2D eigenvalue weighted by Gasteiger charge is -2.14. The minimum Gasteiger partial charge on any atom is -0.495 e. The van der Waals surface area contributed by atoms with Crippen molar-refractivity contribution in [3.8, 4) is 5.75 Å². The molecule has 1 atom stereocenters. The average Bonchev–Trinajstić information content (AvgIpc) is 2.55. The molecule has 1 unspecified atom stereocenters. The Morgan fingerprint density at radius 3 is 2.76 bits per heavy atom. The van der Waals surface area contributed by atoms with Crippen molar-refractivity contribution in [2.45, 2.75) is 12.5 Å². The molecule has 0 spiro atoms. The molecule has 0 saturated heterocycles. The lowest BCUT2D eigenvalue weighted by Crippen LogP contribution is -2.14. The number of nitrogens with zero attached hydrogens (tertiary/aromatic N) is 1. The van der Waals surface area contributed by atoms with Crippen molar-refractivity contribution in [2.75, 3.05) is 7.11 Å². The zero-order valence-electron chi connectivity index (χ0n) is 12.0. The van der Waals surface area contributed by atoms with Crippen LogP contribution in [-0.4, -0.2) is 12.1 Å². The first-order chi connectivity index (χ1) is 10.3. The zero-order chi connectivity index (χ0) is 14.7. The average molecular weight is 278 g/mol. The van der Waals surface area contributed by atoms with Gasteiger partial charge < -0.3 is 10.5 Å². The number of hydrogen-bond donors (Lipinski definition) is 1. The van der Waals surface area contributed by atoms with Gasteiger partial charge in [-0.25, -0.2) is 0 Å². The summed E-state index contributed by atoms with van der Waals surface area (Å²) in [7, 11) is 1.64. The SMILES string of the molecule is COc1cncc(C(N)Cc2cccc3ccccc23)c1. The molecule has 0 bridgehead atoms. The van der Waals surface area contributed by atoms with Gasteiger partial charge in [-0.05, 0) is 34.4 Å². The first-order valence-electron chi connectivity index (χ1n) is 6.99. The smallest absolute Gasteiger partial charge is 0.137 e. The van der Waals surface area contributed by atoms with Crippen LogP contribution < -0.4 is 10.5 Å². The van der Waals surface area contributed by atoms with Crippen LogP contribution in [0.1, 0.15) is 17.2 Å². The molecule has 0 radical (unpaired) electrons. The Kier molecular flexibility index (Phi) is 3.84. The van der Waals surface area contributed by atoms with Crippen molar-refractivity contribution in [3.63, 3.8) is 0 Å². The molecule has 0 amide bonds. The first-order valence-corrected chi connectivity index (χ1v) is 6.99. The molecule has 0 aliphatic carbocycles. The second-order valence-electron chi connectivity index (χ2n) is 5.11. The van der Waals surface area contributed by atoms with Gasteiger partial charge in [-0.3, -0.25) is 4.98 Å². The Bertz CT molecular complexity index is 750. The van der Waals surface area contributed by atoms with E-state index in [4.69, 9.17) is 10.5 Å². The van der Waals surface area contributed by atoms with Crippen molar-refractivity contribution in [2.24, 2.45) is 5.73 Å². The largest absolute Gasteiger partial charge is 0.495 e. The summed E-state index contributed by atoms with van der Waals surface area (Å²) in [5.41, 5.74) is 8.59. The van der Waals surface area contributed by atoms with Crippen molar-refractivity contribution in [3.05, 3.63) is 72.1 Å². The van der Waals surface area contributed by atoms with Crippen LogP contribution in [0.25, 0.3) is 10.8 Å². The van der Waals surface area contributed by atoms with Gasteiger partial charge in [0, 0.05) is 12.2 Å². The maximum Gasteiger partial charge on any atom is 0.137 e. The fraction of sp³-hybridized carbons (Fsp3) is 0.167. The Labute approximate surface area is 124 Å². The second kappa shape index (κ2) is 5.94. The lowest BCUT2D eigenvalue weighted by atomic mass is 9.96. The predicted octanol–water partition coefficient (Wildman–Crippen LogP) is 3.49. The van der Waals surface area contributed by atoms with E-state index in [1.807, 2.05) is 6.07 Å². The molecule has 3 rings (SSSR count). The van der Waals surface area contributed by atoms with Crippen LogP contribution in [0.3, 0.4) is 0 Å². The minimum atomic E-state index is -0.0987. The second-order valence-corrected chi connectivity index (χ2v) is 5.11. The summed E-state index contributed by atoms with van der Waals surface area (Å²) in [5.74, 6) is 0.737. The third kappa shape index (κ3) is 2.88. The standard InChI is InChI=1S/C18H18N2O/c1-21-16-9-15(11-20-12-16)18(19)10-14-7-4-6-13-5-2-3-8-17(13)14/h2-9,11-12,18H,10,19H2,1H3. The van der Waals surface area contributed by atoms with E-state index in [0.717, 1.165) is 17.7 Å². The molecule has 3 heteroatoms. The van der Waals surface area contributed by atoms with Gasteiger partial charge in [0.05, 0.1) is 13.3 Å². The number of rotatable bonds is 4. The summed E-state index contributed by atoms with van der Waals surface area (Å²) >= 11 is 0. The number of fused-ring (bicyclic) bond motifs is 1. The fourth-order valence-corrected chi connectivity index (χ4v) is 2.58. The highest BCUT2D eigenvalue weighted by Gasteiger charge is 2.10. The molecule has 3 nitrogen and oxygen atoms in total. The summed E-state index contributed by atoms with van der Waals surface area (Å²) in [6.45, 7) is 0. The Balaban J connectivity index is 1.90. The number of ether oxygens (including phenoxy) is 1. The van der Waals surface area contributed by atoms with Crippen LogP contribution in [0.15, 0.2) is 60.9 Å². The summed E-state index contributed by atoms with van der Waals surface area (Å²) < 4.78 is 5.21. The van der Waals surface area contributed by atoms with Crippen LogP contribution in [-0.2, 0) is 6.42 Å².